The van der Waals surface area contributed by atoms with Crippen LogP contribution >= 0.6 is 0 Å². The van der Waals surface area contributed by atoms with Crippen LogP contribution in [-0.2, 0) is 30.5 Å². The van der Waals surface area contributed by atoms with E-state index in [0.717, 1.165) is 30.3 Å². The molecule has 1 saturated carbocycles. The zero-order chi connectivity index (χ0) is 46.1. The molecule has 1 aliphatic carbocycles. The molecule has 1 aromatic heterocycles. The average molecular weight is 933 g/mol. The summed E-state index contributed by atoms with van der Waals surface area (Å²) in [5.41, 5.74) is -2.73. The van der Waals surface area contributed by atoms with Crippen LogP contribution in [0, 0.1) is 23.4 Å². The molecule has 0 bridgehead atoms. The fraction of sp³-hybridized carbons (Fsp3) is 0.561. The van der Waals surface area contributed by atoms with Gasteiger partial charge in [0.05, 0.1) is 34.8 Å². The monoisotopic (exact) mass is 932 g/mol. The van der Waals surface area contributed by atoms with Crippen LogP contribution in [0.1, 0.15) is 75.3 Å². The van der Waals surface area contributed by atoms with Gasteiger partial charge in [0.2, 0.25) is 27.8 Å². The standard InChI is InChI=1S/C41H48F8N8O6S/c1-40(60)10-12-55(13-11-40)36-29(41(47,48)49)19-50-39(53-36)51-33-8-6-27(18-30(33)42)64(61,62)54-24-4-2-23(3-5-24)20-56-14-15-57(21-26(56)22-63-38(45)46)25-16-31(43)35(32(44)17-25)28-7-9-34(58)52-37(28)59/h6,8,16-19,23-24,26,28,38,54,60H,2-5,7,9-15,20-22H2,1H3,(H,50,51,53)(H,52,58,59)/t23?,24?,26-,28?/m1/s1. The molecule has 4 aliphatic rings. The molecule has 3 saturated heterocycles. The molecule has 7 rings (SSSR count). The third-order valence-electron chi connectivity index (χ3n) is 12.4. The Morgan fingerprint density at radius 2 is 1.64 bits per heavy atom. The van der Waals surface area contributed by atoms with Crippen LogP contribution in [0.15, 0.2) is 41.4 Å². The molecule has 1 unspecified atom stereocenters. The molecule has 2 amide bonds. The molecule has 14 nitrogen and oxygen atoms in total. The van der Waals surface area contributed by atoms with Gasteiger partial charge in [0.1, 0.15) is 28.8 Å². The van der Waals surface area contributed by atoms with Gasteiger partial charge >= 0.3 is 12.8 Å². The highest BCUT2D eigenvalue weighted by molar-refractivity contribution is 7.89. The van der Waals surface area contributed by atoms with E-state index in [1.807, 2.05) is 4.90 Å². The van der Waals surface area contributed by atoms with Crippen molar-refractivity contribution >= 4 is 45.0 Å². The highest BCUT2D eigenvalue weighted by Crippen LogP contribution is 2.38. The van der Waals surface area contributed by atoms with Crippen LogP contribution in [0.5, 0.6) is 0 Å². The number of carbonyl (C=O) groups is 2. The maximum atomic E-state index is 15.4. The summed E-state index contributed by atoms with van der Waals surface area (Å²) in [6, 6.07) is 4.07. The number of halogens is 8. The molecule has 2 atom stereocenters. The fourth-order valence-electron chi connectivity index (χ4n) is 8.81. The van der Waals surface area contributed by atoms with Gasteiger partial charge in [0.15, 0.2) is 0 Å². The Hall–Kier alpha value is -4.71. The summed E-state index contributed by atoms with van der Waals surface area (Å²) in [6.07, 6.45) is -2.01. The summed E-state index contributed by atoms with van der Waals surface area (Å²) >= 11 is 0. The molecule has 350 valence electrons. The second-order valence-corrected chi connectivity index (χ2v) is 18.7. The molecule has 3 aromatic rings. The SMILES string of the molecule is CC1(O)CCN(c2nc(Nc3ccc(S(=O)(=O)NC4CCC(CN5CCN(c6cc(F)c(C7CCC(=O)NC7=O)c(F)c6)C[C@@H]5COC(F)F)CC4)cc3F)ncc2C(F)(F)F)CC1. The minimum absolute atomic E-state index is 0.0320. The van der Waals surface area contributed by atoms with E-state index in [1.54, 1.807) is 11.8 Å². The van der Waals surface area contributed by atoms with Crippen LogP contribution in [0.2, 0.25) is 0 Å². The number of amides is 2. The van der Waals surface area contributed by atoms with Crippen molar-refractivity contribution in [2.75, 3.05) is 61.0 Å². The molecule has 0 spiro atoms. The van der Waals surface area contributed by atoms with Gasteiger partial charge in [-0.25, -0.2) is 31.3 Å². The number of nitrogens with one attached hydrogen (secondary N) is 3. The Kier molecular flexibility index (Phi) is 14.0. The van der Waals surface area contributed by atoms with E-state index in [-0.39, 0.29) is 81.7 Å². The van der Waals surface area contributed by atoms with Crippen LogP contribution < -0.4 is 25.2 Å². The summed E-state index contributed by atoms with van der Waals surface area (Å²) in [5.74, 6) is -6.23. The summed E-state index contributed by atoms with van der Waals surface area (Å²) in [5, 5.41) is 14.9. The van der Waals surface area contributed by atoms with Gasteiger partial charge in [-0.3, -0.25) is 19.8 Å². The minimum Gasteiger partial charge on any atom is -0.390 e. The van der Waals surface area contributed by atoms with Crippen LogP contribution in [0.25, 0.3) is 0 Å². The molecule has 4 fully saturated rings. The molecule has 4 N–H and O–H groups in total. The first-order valence-electron chi connectivity index (χ1n) is 20.9. The number of imide groups is 1. The summed E-state index contributed by atoms with van der Waals surface area (Å²) in [6.45, 7) is -0.530. The average Bonchev–Trinajstić information content (AvgIpc) is 3.21. The van der Waals surface area contributed by atoms with Crippen molar-refractivity contribution in [3.63, 3.8) is 0 Å². The lowest BCUT2D eigenvalue weighted by Gasteiger charge is -2.44. The smallest absolute Gasteiger partial charge is 0.390 e. The first-order valence-corrected chi connectivity index (χ1v) is 22.4. The Balaban J connectivity index is 0.943. The predicted molar refractivity (Wildman–Crippen MR) is 216 cm³/mol. The van der Waals surface area contributed by atoms with E-state index in [4.69, 9.17) is 0 Å². The lowest BCUT2D eigenvalue weighted by molar-refractivity contribution is -0.142. The van der Waals surface area contributed by atoms with Gasteiger partial charge in [-0.2, -0.15) is 26.9 Å². The number of aromatic nitrogens is 2. The first-order chi connectivity index (χ1) is 30.2. The number of nitrogens with zero attached hydrogens (tertiary/aromatic N) is 5. The normalized spacial score (nSPS) is 23.7. The number of anilines is 4. The van der Waals surface area contributed by atoms with Crippen LogP contribution in [-0.4, -0.2) is 110 Å². The van der Waals surface area contributed by atoms with Gasteiger partial charge < -0.3 is 25.0 Å². The van der Waals surface area contributed by atoms with Gasteiger partial charge in [0, 0.05) is 69.2 Å². The van der Waals surface area contributed by atoms with E-state index >= 15 is 13.2 Å². The number of ether oxygens (including phenoxy) is 1. The molecular formula is C41H48F8N8O6S. The highest BCUT2D eigenvalue weighted by Gasteiger charge is 2.40. The lowest BCUT2D eigenvalue weighted by atomic mass is 9.85. The third-order valence-corrected chi connectivity index (χ3v) is 13.9. The number of aliphatic hydroxyl groups is 1. The molecule has 4 heterocycles. The topological polar surface area (TPSA) is 169 Å². The van der Waals surface area contributed by atoms with Crippen molar-refractivity contribution in [3.8, 4) is 0 Å². The molecule has 3 aliphatic heterocycles. The second kappa shape index (κ2) is 19.0. The van der Waals surface area contributed by atoms with Crippen molar-refractivity contribution < 1.29 is 63.0 Å². The molecule has 0 radical (unpaired) electrons. The highest BCUT2D eigenvalue weighted by atomic mass is 32.2. The number of hydrogen-bond acceptors (Lipinski definition) is 12. The van der Waals surface area contributed by atoms with Gasteiger partial charge in [-0.05, 0) is 88.1 Å². The predicted octanol–water partition coefficient (Wildman–Crippen LogP) is 5.79. The third kappa shape index (κ3) is 11.2. The fourth-order valence-corrected chi connectivity index (χ4v) is 10.1. The number of alkyl halides is 5. The lowest BCUT2D eigenvalue weighted by Crippen LogP contribution is -2.56. The van der Waals surface area contributed by atoms with Gasteiger partial charge in [-0.1, -0.05) is 0 Å². The number of piperidine rings is 2. The number of benzene rings is 2. The van der Waals surface area contributed by atoms with Crippen LogP contribution in [0.3, 0.4) is 0 Å². The van der Waals surface area contributed by atoms with Crippen molar-refractivity contribution in [3.05, 3.63) is 65.1 Å². The molecular weight excluding hydrogens is 885 g/mol. The molecule has 64 heavy (non-hydrogen) atoms. The second-order valence-electron chi connectivity index (χ2n) is 17.0. The molecule has 2 aromatic carbocycles. The van der Waals surface area contributed by atoms with Gasteiger partial charge in [0.25, 0.3) is 0 Å². The van der Waals surface area contributed by atoms with E-state index in [9.17, 15) is 45.1 Å². The quantitative estimate of drug-likeness (QED) is 0.120. The van der Waals surface area contributed by atoms with Crippen LogP contribution in [0.4, 0.5) is 58.3 Å². The van der Waals surface area contributed by atoms with Crippen molar-refractivity contribution in [2.24, 2.45) is 5.92 Å². The van der Waals surface area contributed by atoms with E-state index < -0.39 is 97.5 Å². The Morgan fingerprint density at radius 1 is 0.953 bits per heavy atom. The maximum absolute atomic E-state index is 15.4. The van der Waals surface area contributed by atoms with E-state index in [2.05, 4.69) is 30.1 Å². The minimum atomic E-state index is -4.79. The van der Waals surface area contributed by atoms with E-state index in [0.29, 0.717) is 45.0 Å². The summed E-state index contributed by atoms with van der Waals surface area (Å²) < 4.78 is 148. The van der Waals surface area contributed by atoms with Crippen molar-refractivity contribution in [1.82, 2.24) is 24.9 Å². The number of sulfonamides is 1. The Bertz CT molecular complexity index is 2280. The number of piperazine rings is 1. The first kappa shape index (κ1) is 47.3. The van der Waals surface area contributed by atoms with Crippen molar-refractivity contribution in [2.45, 2.75) is 99.6 Å². The zero-order valence-electron chi connectivity index (χ0n) is 34.6. The molecule has 23 heteroatoms. The number of hydrogen-bond donors (Lipinski definition) is 4. The maximum Gasteiger partial charge on any atom is 0.421 e. The van der Waals surface area contributed by atoms with E-state index in [1.165, 1.54) is 4.90 Å². The van der Waals surface area contributed by atoms with Gasteiger partial charge in [-0.15, -0.1) is 0 Å². The zero-order valence-corrected chi connectivity index (χ0v) is 35.4. The summed E-state index contributed by atoms with van der Waals surface area (Å²) in [4.78, 5) is 36.2. The van der Waals surface area contributed by atoms with Crippen molar-refractivity contribution in [1.29, 1.82) is 0 Å². The Labute approximate surface area is 363 Å². The number of carbonyl (C=O) groups excluding carboxylic acids is 2. The summed E-state index contributed by atoms with van der Waals surface area (Å²) in [7, 11) is -4.24. The Morgan fingerprint density at radius 3 is 2.27 bits per heavy atom. The number of rotatable bonds is 13. The largest absolute Gasteiger partial charge is 0.421 e.